The summed E-state index contributed by atoms with van der Waals surface area (Å²) in [6.07, 6.45) is 9.97. The van der Waals surface area contributed by atoms with Crippen LogP contribution in [0.4, 0.5) is 0 Å². The first-order chi connectivity index (χ1) is 6.76. The molecule has 1 aliphatic carbocycles. The van der Waals surface area contributed by atoms with E-state index in [9.17, 15) is 0 Å². The fourth-order valence-corrected chi connectivity index (χ4v) is 1.68. The molecule has 80 valence electrons. The molecule has 1 rings (SSSR count). The molecule has 0 spiro atoms. The number of ether oxygens (including phenoxy) is 1. The van der Waals surface area contributed by atoms with Crippen molar-refractivity contribution in [2.75, 3.05) is 0 Å². The molecule has 1 saturated carbocycles. The molecule has 1 aliphatic rings. The Morgan fingerprint density at radius 3 is 2.71 bits per heavy atom. The van der Waals surface area contributed by atoms with E-state index >= 15 is 0 Å². The molecule has 2 heteroatoms. The van der Waals surface area contributed by atoms with Crippen LogP contribution in [-0.4, -0.2) is 12.1 Å². The van der Waals surface area contributed by atoms with Gasteiger partial charge < -0.3 is 10.5 Å². The molecule has 0 aromatic heterocycles. The van der Waals surface area contributed by atoms with Gasteiger partial charge in [0, 0.05) is 6.04 Å². The molecule has 0 amide bonds. The van der Waals surface area contributed by atoms with Crippen molar-refractivity contribution in [1.29, 1.82) is 0 Å². The lowest BCUT2D eigenvalue weighted by Crippen LogP contribution is -2.17. The van der Waals surface area contributed by atoms with Crippen LogP contribution in [0.15, 0.2) is 24.5 Å². The highest BCUT2D eigenvalue weighted by Gasteiger charge is 2.16. The smallest absolute Gasteiger partial charge is 0.116 e. The summed E-state index contributed by atoms with van der Waals surface area (Å²) in [5.41, 5.74) is 5.82. The standard InChI is InChI=1S/C12H21NO/c1-3-10(13)9-11(4-2)14-12-7-5-6-8-12/h4,9-10,12H,2-3,5-8,13H2,1H3/b11-9+. The van der Waals surface area contributed by atoms with E-state index in [1.165, 1.54) is 25.7 Å². The van der Waals surface area contributed by atoms with Crippen LogP contribution in [0.5, 0.6) is 0 Å². The third-order valence-corrected chi connectivity index (χ3v) is 2.66. The monoisotopic (exact) mass is 195 g/mol. The Labute approximate surface area is 86.8 Å². The average molecular weight is 195 g/mol. The van der Waals surface area contributed by atoms with E-state index in [-0.39, 0.29) is 6.04 Å². The molecule has 0 heterocycles. The largest absolute Gasteiger partial charge is 0.491 e. The second-order valence-corrected chi connectivity index (χ2v) is 3.87. The molecule has 0 aliphatic heterocycles. The van der Waals surface area contributed by atoms with E-state index in [0.717, 1.165) is 12.2 Å². The van der Waals surface area contributed by atoms with Gasteiger partial charge in [0.15, 0.2) is 0 Å². The Kier molecular flexibility index (Phi) is 4.74. The van der Waals surface area contributed by atoms with Crippen molar-refractivity contribution in [1.82, 2.24) is 0 Å². The summed E-state index contributed by atoms with van der Waals surface area (Å²) >= 11 is 0. The van der Waals surface area contributed by atoms with Gasteiger partial charge in [0.1, 0.15) is 5.76 Å². The van der Waals surface area contributed by atoms with E-state index in [1.807, 2.05) is 6.08 Å². The van der Waals surface area contributed by atoms with Crippen LogP contribution in [-0.2, 0) is 4.74 Å². The van der Waals surface area contributed by atoms with Crippen LogP contribution in [0.3, 0.4) is 0 Å². The zero-order valence-corrected chi connectivity index (χ0v) is 9.04. The Bertz CT molecular complexity index is 204. The lowest BCUT2D eigenvalue weighted by atomic mass is 10.2. The van der Waals surface area contributed by atoms with Gasteiger partial charge in [0.2, 0.25) is 0 Å². The maximum atomic E-state index is 5.82. The molecule has 0 saturated heterocycles. The van der Waals surface area contributed by atoms with Crippen molar-refractivity contribution in [2.24, 2.45) is 5.73 Å². The SMILES string of the molecule is C=C/C(=C\C(N)CC)OC1CCCC1. The van der Waals surface area contributed by atoms with Gasteiger partial charge in [-0.05, 0) is 44.3 Å². The van der Waals surface area contributed by atoms with Gasteiger partial charge in [-0.15, -0.1) is 0 Å². The highest BCUT2D eigenvalue weighted by Crippen LogP contribution is 2.23. The first-order valence-corrected chi connectivity index (χ1v) is 5.52. The van der Waals surface area contributed by atoms with Crippen LogP contribution in [0.1, 0.15) is 39.0 Å². The summed E-state index contributed by atoms with van der Waals surface area (Å²) < 4.78 is 5.80. The van der Waals surface area contributed by atoms with Crippen molar-refractivity contribution < 1.29 is 4.74 Å². The summed E-state index contributed by atoms with van der Waals surface area (Å²) in [5.74, 6) is 0.853. The molecular formula is C12H21NO. The summed E-state index contributed by atoms with van der Waals surface area (Å²) in [5, 5.41) is 0. The van der Waals surface area contributed by atoms with E-state index in [0.29, 0.717) is 6.10 Å². The molecule has 0 aromatic carbocycles. The second kappa shape index (κ2) is 5.86. The summed E-state index contributed by atoms with van der Waals surface area (Å²) in [6, 6.07) is 0.0874. The Balaban J connectivity index is 2.44. The van der Waals surface area contributed by atoms with E-state index in [1.54, 1.807) is 6.08 Å². The Hall–Kier alpha value is -0.760. The lowest BCUT2D eigenvalue weighted by molar-refractivity contribution is 0.130. The molecule has 14 heavy (non-hydrogen) atoms. The molecule has 2 N–H and O–H groups in total. The molecule has 1 unspecified atom stereocenters. The third kappa shape index (κ3) is 3.54. The average Bonchev–Trinajstić information content (AvgIpc) is 2.69. The maximum absolute atomic E-state index is 5.82. The Morgan fingerprint density at radius 2 is 2.21 bits per heavy atom. The molecule has 0 radical (unpaired) electrons. The van der Waals surface area contributed by atoms with Gasteiger partial charge in [0.05, 0.1) is 6.10 Å². The predicted molar refractivity (Wildman–Crippen MR) is 59.9 cm³/mol. The van der Waals surface area contributed by atoms with Gasteiger partial charge in [-0.2, -0.15) is 0 Å². The van der Waals surface area contributed by atoms with Gasteiger partial charge in [0.25, 0.3) is 0 Å². The van der Waals surface area contributed by atoms with Crippen LogP contribution in [0.25, 0.3) is 0 Å². The van der Waals surface area contributed by atoms with Gasteiger partial charge in [-0.1, -0.05) is 13.5 Å². The number of hydrogen-bond donors (Lipinski definition) is 1. The highest BCUT2D eigenvalue weighted by molar-refractivity contribution is 5.12. The zero-order valence-electron chi connectivity index (χ0n) is 9.04. The summed E-state index contributed by atoms with van der Waals surface area (Å²) in [6.45, 7) is 5.81. The van der Waals surface area contributed by atoms with Crippen molar-refractivity contribution in [3.63, 3.8) is 0 Å². The molecule has 2 nitrogen and oxygen atoms in total. The van der Waals surface area contributed by atoms with Gasteiger partial charge >= 0.3 is 0 Å². The van der Waals surface area contributed by atoms with E-state index in [2.05, 4.69) is 13.5 Å². The van der Waals surface area contributed by atoms with Crippen molar-refractivity contribution in [2.45, 2.75) is 51.2 Å². The number of rotatable bonds is 5. The van der Waals surface area contributed by atoms with Gasteiger partial charge in [-0.3, -0.25) is 0 Å². The Morgan fingerprint density at radius 1 is 1.57 bits per heavy atom. The van der Waals surface area contributed by atoms with Crippen LogP contribution in [0.2, 0.25) is 0 Å². The minimum atomic E-state index is 0.0874. The topological polar surface area (TPSA) is 35.2 Å². The zero-order chi connectivity index (χ0) is 10.4. The summed E-state index contributed by atoms with van der Waals surface area (Å²) in [7, 11) is 0. The molecule has 1 fully saturated rings. The van der Waals surface area contributed by atoms with Crippen molar-refractivity contribution in [3.05, 3.63) is 24.5 Å². The van der Waals surface area contributed by atoms with Crippen LogP contribution in [0, 0.1) is 0 Å². The minimum Gasteiger partial charge on any atom is -0.491 e. The molecule has 0 aromatic rings. The van der Waals surface area contributed by atoms with Gasteiger partial charge in [-0.25, -0.2) is 0 Å². The van der Waals surface area contributed by atoms with E-state index < -0.39 is 0 Å². The number of nitrogens with two attached hydrogens (primary N) is 1. The minimum absolute atomic E-state index is 0.0874. The molecular weight excluding hydrogens is 174 g/mol. The number of allylic oxidation sites excluding steroid dienone is 1. The predicted octanol–water partition coefficient (Wildman–Crippen LogP) is 2.75. The third-order valence-electron chi connectivity index (χ3n) is 2.66. The van der Waals surface area contributed by atoms with Crippen LogP contribution >= 0.6 is 0 Å². The first-order valence-electron chi connectivity index (χ1n) is 5.52. The number of hydrogen-bond acceptors (Lipinski definition) is 2. The summed E-state index contributed by atoms with van der Waals surface area (Å²) in [4.78, 5) is 0. The molecule has 1 atom stereocenters. The maximum Gasteiger partial charge on any atom is 0.116 e. The fraction of sp³-hybridized carbons (Fsp3) is 0.667. The first kappa shape index (κ1) is 11.3. The van der Waals surface area contributed by atoms with Crippen molar-refractivity contribution in [3.8, 4) is 0 Å². The highest BCUT2D eigenvalue weighted by atomic mass is 16.5. The van der Waals surface area contributed by atoms with E-state index in [4.69, 9.17) is 10.5 Å². The van der Waals surface area contributed by atoms with Crippen molar-refractivity contribution >= 4 is 0 Å². The molecule has 0 bridgehead atoms. The fourth-order valence-electron chi connectivity index (χ4n) is 1.68. The van der Waals surface area contributed by atoms with Crippen LogP contribution < -0.4 is 5.73 Å². The normalized spacial score (nSPS) is 20.9. The lowest BCUT2D eigenvalue weighted by Gasteiger charge is -2.15. The quantitative estimate of drug-likeness (QED) is 0.541. The second-order valence-electron chi connectivity index (χ2n) is 3.87.